The van der Waals surface area contributed by atoms with Crippen molar-refractivity contribution >= 4 is 21.9 Å². The molecule has 0 atom stereocenters. The Balaban J connectivity index is 2.93. The van der Waals surface area contributed by atoms with Crippen molar-refractivity contribution in [2.45, 2.75) is 6.42 Å². The number of benzene rings is 1. The lowest BCUT2D eigenvalue weighted by Gasteiger charge is -2.01. The Hall–Kier alpha value is -1.34. The largest absolute Gasteiger partial charge is 0.469 e. The monoisotopic (exact) mass is 253 g/mol. The van der Waals surface area contributed by atoms with Gasteiger partial charge in [0.1, 0.15) is 0 Å². The number of ether oxygens (including phenoxy) is 1. The third kappa shape index (κ3) is 2.86. The highest BCUT2D eigenvalue weighted by molar-refractivity contribution is 9.10. The van der Waals surface area contributed by atoms with E-state index in [1.54, 1.807) is 18.2 Å². The van der Waals surface area contributed by atoms with Crippen LogP contribution in [-0.2, 0) is 16.0 Å². The first-order valence-electron chi connectivity index (χ1n) is 3.92. The number of hydrogen-bond donors (Lipinski definition) is 0. The first kappa shape index (κ1) is 10.7. The second-order valence-corrected chi connectivity index (χ2v) is 3.63. The van der Waals surface area contributed by atoms with E-state index in [0.717, 1.165) is 10.0 Å². The van der Waals surface area contributed by atoms with Crippen LogP contribution in [0.5, 0.6) is 0 Å². The Kier molecular flexibility index (Phi) is 3.66. The lowest BCUT2D eigenvalue weighted by molar-refractivity contribution is -0.139. The number of nitrogens with zero attached hydrogens (tertiary/aromatic N) is 1. The summed E-state index contributed by atoms with van der Waals surface area (Å²) in [5.41, 5.74) is 1.29. The van der Waals surface area contributed by atoms with Crippen molar-refractivity contribution in [1.82, 2.24) is 0 Å². The van der Waals surface area contributed by atoms with E-state index in [4.69, 9.17) is 5.26 Å². The van der Waals surface area contributed by atoms with E-state index in [-0.39, 0.29) is 12.4 Å². The molecule has 0 N–H and O–H groups in total. The predicted octanol–water partition coefficient (Wildman–Crippen LogP) is 2.04. The summed E-state index contributed by atoms with van der Waals surface area (Å²) in [4.78, 5) is 11.0. The maximum atomic E-state index is 11.0. The molecule has 1 aromatic rings. The minimum absolute atomic E-state index is 0.185. The van der Waals surface area contributed by atoms with Crippen molar-refractivity contribution in [3.63, 3.8) is 0 Å². The average molecular weight is 254 g/mol. The van der Waals surface area contributed by atoms with Crippen molar-refractivity contribution in [3.05, 3.63) is 33.8 Å². The van der Waals surface area contributed by atoms with Crippen LogP contribution in [-0.4, -0.2) is 13.1 Å². The van der Waals surface area contributed by atoms with Gasteiger partial charge in [-0.15, -0.1) is 0 Å². The van der Waals surface area contributed by atoms with Gasteiger partial charge in [0.15, 0.2) is 0 Å². The number of nitriles is 1. The standard InChI is InChI=1S/C10H8BrNO2/c1-14-10(13)5-7-2-8(6-12)4-9(11)3-7/h2-4H,5H2,1H3. The summed E-state index contributed by atoms with van der Waals surface area (Å²) in [5.74, 6) is -0.313. The Morgan fingerprint density at radius 1 is 1.57 bits per heavy atom. The molecule has 0 fully saturated rings. The number of methoxy groups -OCH3 is 1. The molecule has 0 aromatic heterocycles. The summed E-state index contributed by atoms with van der Waals surface area (Å²) >= 11 is 3.26. The molecule has 0 bridgehead atoms. The number of carbonyl (C=O) groups excluding carboxylic acids is 1. The third-order valence-electron chi connectivity index (χ3n) is 1.66. The summed E-state index contributed by atoms with van der Waals surface area (Å²) in [6.45, 7) is 0. The summed E-state index contributed by atoms with van der Waals surface area (Å²) < 4.78 is 5.32. The Morgan fingerprint density at radius 2 is 2.29 bits per heavy atom. The topological polar surface area (TPSA) is 50.1 Å². The van der Waals surface area contributed by atoms with Crippen molar-refractivity contribution in [1.29, 1.82) is 5.26 Å². The van der Waals surface area contributed by atoms with Crippen molar-refractivity contribution in [3.8, 4) is 6.07 Å². The Morgan fingerprint density at radius 3 is 2.86 bits per heavy atom. The molecule has 1 aromatic carbocycles. The van der Waals surface area contributed by atoms with Crippen molar-refractivity contribution in [2.24, 2.45) is 0 Å². The van der Waals surface area contributed by atoms with Gasteiger partial charge in [0.05, 0.1) is 25.2 Å². The van der Waals surface area contributed by atoms with E-state index in [1.807, 2.05) is 6.07 Å². The zero-order valence-corrected chi connectivity index (χ0v) is 9.17. The van der Waals surface area contributed by atoms with Crippen molar-refractivity contribution in [2.75, 3.05) is 7.11 Å². The number of carbonyl (C=O) groups is 1. The van der Waals surface area contributed by atoms with Gasteiger partial charge >= 0.3 is 5.97 Å². The molecule has 14 heavy (non-hydrogen) atoms. The highest BCUT2D eigenvalue weighted by Gasteiger charge is 2.04. The van der Waals surface area contributed by atoms with E-state index in [1.165, 1.54) is 7.11 Å². The van der Waals surface area contributed by atoms with Gasteiger partial charge in [-0.05, 0) is 23.8 Å². The molecule has 0 aliphatic rings. The van der Waals surface area contributed by atoms with Crippen LogP contribution >= 0.6 is 15.9 Å². The second-order valence-electron chi connectivity index (χ2n) is 2.71. The van der Waals surface area contributed by atoms with Gasteiger partial charge in [-0.3, -0.25) is 4.79 Å². The summed E-state index contributed by atoms with van der Waals surface area (Å²) in [5, 5.41) is 8.69. The van der Waals surface area contributed by atoms with Gasteiger partial charge < -0.3 is 4.74 Å². The van der Waals surface area contributed by atoms with Crippen LogP contribution in [0.4, 0.5) is 0 Å². The molecular weight excluding hydrogens is 246 g/mol. The van der Waals surface area contributed by atoms with Gasteiger partial charge in [0, 0.05) is 4.47 Å². The molecule has 72 valence electrons. The van der Waals surface area contributed by atoms with Crippen LogP contribution in [0.3, 0.4) is 0 Å². The number of halogens is 1. The van der Waals surface area contributed by atoms with Crippen LogP contribution in [0.15, 0.2) is 22.7 Å². The molecular formula is C10H8BrNO2. The fourth-order valence-corrected chi connectivity index (χ4v) is 1.60. The Bertz CT molecular complexity index is 396. The minimum atomic E-state index is -0.313. The van der Waals surface area contributed by atoms with Crippen molar-refractivity contribution < 1.29 is 9.53 Å². The molecule has 0 saturated heterocycles. The van der Waals surface area contributed by atoms with Crippen LogP contribution in [0, 0.1) is 11.3 Å². The van der Waals surface area contributed by atoms with E-state index >= 15 is 0 Å². The number of hydrogen-bond acceptors (Lipinski definition) is 3. The Labute approximate surface area is 90.4 Å². The van der Waals surface area contributed by atoms with Crippen LogP contribution in [0.2, 0.25) is 0 Å². The molecule has 0 spiro atoms. The maximum Gasteiger partial charge on any atom is 0.309 e. The van der Waals surface area contributed by atoms with Gasteiger partial charge in [-0.1, -0.05) is 15.9 Å². The van der Waals surface area contributed by atoms with Gasteiger partial charge in [-0.25, -0.2) is 0 Å². The van der Waals surface area contributed by atoms with Gasteiger partial charge in [-0.2, -0.15) is 5.26 Å². The van der Waals surface area contributed by atoms with E-state index < -0.39 is 0 Å². The fraction of sp³-hybridized carbons (Fsp3) is 0.200. The molecule has 0 amide bonds. The molecule has 0 saturated carbocycles. The fourth-order valence-electron chi connectivity index (χ4n) is 1.06. The molecule has 0 aliphatic carbocycles. The predicted molar refractivity (Wildman–Crippen MR) is 54.6 cm³/mol. The lowest BCUT2D eigenvalue weighted by atomic mass is 10.1. The summed E-state index contributed by atoms with van der Waals surface area (Å²) in [6.07, 6.45) is 0.185. The van der Waals surface area contributed by atoms with Crippen LogP contribution in [0.25, 0.3) is 0 Å². The highest BCUT2D eigenvalue weighted by atomic mass is 79.9. The molecule has 0 unspecified atom stereocenters. The van der Waals surface area contributed by atoms with Crippen LogP contribution in [0.1, 0.15) is 11.1 Å². The molecule has 0 heterocycles. The van der Waals surface area contributed by atoms with E-state index in [9.17, 15) is 4.79 Å². The smallest absolute Gasteiger partial charge is 0.309 e. The SMILES string of the molecule is COC(=O)Cc1cc(Br)cc(C#N)c1. The lowest BCUT2D eigenvalue weighted by Crippen LogP contribution is -2.04. The van der Waals surface area contributed by atoms with Crippen LogP contribution < -0.4 is 0 Å². The van der Waals surface area contributed by atoms with Gasteiger partial charge in [0.25, 0.3) is 0 Å². The minimum Gasteiger partial charge on any atom is -0.469 e. The zero-order chi connectivity index (χ0) is 10.6. The normalized spacial score (nSPS) is 9.21. The first-order valence-corrected chi connectivity index (χ1v) is 4.71. The molecule has 1 rings (SSSR count). The summed E-state index contributed by atoms with van der Waals surface area (Å²) in [7, 11) is 1.34. The third-order valence-corrected chi connectivity index (χ3v) is 2.12. The van der Waals surface area contributed by atoms with E-state index in [2.05, 4.69) is 20.7 Å². The molecule has 3 nitrogen and oxygen atoms in total. The second kappa shape index (κ2) is 4.77. The number of esters is 1. The quantitative estimate of drug-likeness (QED) is 0.759. The van der Waals surface area contributed by atoms with E-state index in [0.29, 0.717) is 5.56 Å². The summed E-state index contributed by atoms with van der Waals surface area (Å²) in [6, 6.07) is 7.17. The molecule has 4 heteroatoms. The molecule has 0 radical (unpaired) electrons. The number of rotatable bonds is 2. The average Bonchev–Trinajstić information content (AvgIpc) is 2.16. The molecule has 0 aliphatic heterocycles. The maximum absolute atomic E-state index is 11.0. The highest BCUT2D eigenvalue weighted by Crippen LogP contribution is 2.16. The van der Waals surface area contributed by atoms with Gasteiger partial charge in [0.2, 0.25) is 0 Å². The zero-order valence-electron chi connectivity index (χ0n) is 7.58. The first-order chi connectivity index (χ1) is 6.65.